The molecule has 1 heterocycles. The van der Waals surface area contributed by atoms with Crippen LogP contribution in [-0.4, -0.2) is 34.6 Å². The summed E-state index contributed by atoms with van der Waals surface area (Å²) in [6.45, 7) is 12.9. The summed E-state index contributed by atoms with van der Waals surface area (Å²) in [4.78, 5) is 40.8. The monoisotopic (exact) mass is 506 g/mol. The number of hydrogen-bond donors (Lipinski definition) is 1. The van der Waals surface area contributed by atoms with Gasteiger partial charge in [-0.05, 0) is 51.2 Å². The van der Waals surface area contributed by atoms with Gasteiger partial charge in [0.2, 0.25) is 5.91 Å². The van der Waals surface area contributed by atoms with Crippen LogP contribution in [0.25, 0.3) is 0 Å². The summed E-state index contributed by atoms with van der Waals surface area (Å²) in [7, 11) is 0. The summed E-state index contributed by atoms with van der Waals surface area (Å²) in [5.74, 6) is -0.879. The van der Waals surface area contributed by atoms with Crippen LogP contribution in [0, 0.1) is 12.3 Å². The number of hydrogen-bond acceptors (Lipinski definition) is 5. The number of amides is 3. The zero-order valence-electron chi connectivity index (χ0n) is 22.5. The van der Waals surface area contributed by atoms with Gasteiger partial charge >= 0.3 is 12.0 Å². The molecule has 0 aromatic heterocycles. The van der Waals surface area contributed by atoms with E-state index in [1.54, 1.807) is 19.9 Å². The van der Waals surface area contributed by atoms with E-state index in [2.05, 4.69) is 11.9 Å². The Hall–Kier alpha value is -3.45. The smallest absolute Gasteiger partial charge is 0.338 e. The van der Waals surface area contributed by atoms with Gasteiger partial charge in [0, 0.05) is 0 Å². The van der Waals surface area contributed by atoms with Crippen molar-refractivity contribution in [2.75, 3.05) is 0 Å². The third-order valence-electron chi connectivity index (χ3n) is 7.12. The van der Waals surface area contributed by atoms with E-state index in [0.717, 1.165) is 21.6 Å². The zero-order valence-corrected chi connectivity index (χ0v) is 22.5. The minimum atomic E-state index is -1.38. The maximum atomic E-state index is 13.4. The minimum Gasteiger partial charge on any atom is -0.459 e. The van der Waals surface area contributed by atoms with Crippen molar-refractivity contribution < 1.29 is 23.9 Å². The number of β-lactam (4-membered cyclic amide) rings is 1. The van der Waals surface area contributed by atoms with Gasteiger partial charge in [0.25, 0.3) is 0 Å². The average Bonchev–Trinajstić information content (AvgIpc) is 2.88. The fraction of sp³-hybridized carbons (Fsp3) is 0.433. The number of benzene rings is 2. The molecule has 1 fully saturated rings. The zero-order chi connectivity index (χ0) is 27.2. The van der Waals surface area contributed by atoms with Crippen molar-refractivity contribution in [3.8, 4) is 0 Å². The van der Waals surface area contributed by atoms with E-state index in [1.165, 1.54) is 0 Å². The predicted octanol–water partition coefficient (Wildman–Crippen LogP) is 5.84. The van der Waals surface area contributed by atoms with E-state index in [4.69, 9.17) is 9.47 Å². The first-order valence-corrected chi connectivity index (χ1v) is 12.8. The lowest BCUT2D eigenvalue weighted by atomic mass is 9.71. The van der Waals surface area contributed by atoms with Gasteiger partial charge in [0.1, 0.15) is 6.61 Å². The first kappa shape index (κ1) is 28.1. The second-order valence-corrected chi connectivity index (χ2v) is 10.0. The molecule has 0 saturated carbocycles. The van der Waals surface area contributed by atoms with Crippen molar-refractivity contribution in [2.24, 2.45) is 5.41 Å². The second-order valence-electron chi connectivity index (χ2n) is 10.0. The number of carbonyl (C=O) groups excluding carboxylic acids is 3. The molecule has 2 aromatic carbocycles. The molecule has 7 nitrogen and oxygen atoms in total. The fourth-order valence-corrected chi connectivity index (χ4v) is 4.59. The van der Waals surface area contributed by atoms with Gasteiger partial charge in [-0.25, -0.2) is 14.5 Å². The maximum absolute atomic E-state index is 13.4. The Morgan fingerprint density at radius 1 is 1.11 bits per heavy atom. The van der Waals surface area contributed by atoms with Crippen molar-refractivity contribution in [3.63, 3.8) is 0 Å². The molecule has 7 heteroatoms. The topological polar surface area (TPSA) is 84.9 Å². The number of nitrogens with one attached hydrogen (secondary N) is 1. The molecule has 0 aliphatic carbocycles. The number of urea groups is 1. The van der Waals surface area contributed by atoms with Gasteiger partial charge in [0.15, 0.2) is 11.8 Å². The molecule has 0 unspecified atom stereocenters. The lowest BCUT2D eigenvalue weighted by molar-refractivity contribution is -0.242. The molecule has 3 amide bonds. The summed E-state index contributed by atoms with van der Waals surface area (Å²) in [6, 6.07) is 16.3. The number of aryl methyl sites for hydroxylation is 1. The molecule has 1 N–H and O–H groups in total. The molecule has 3 rings (SSSR count). The number of likely N-dealkylation sites (tertiary alicyclic amines) is 1. The normalized spacial score (nSPS) is 17.5. The van der Waals surface area contributed by atoms with Gasteiger partial charge < -0.3 is 14.8 Å². The Balaban J connectivity index is 1.78. The first-order valence-electron chi connectivity index (χ1n) is 12.8. The number of nitrogens with zero attached hydrogens (tertiary/aromatic N) is 1. The minimum absolute atomic E-state index is 0.104. The van der Waals surface area contributed by atoms with Crippen LogP contribution in [0.3, 0.4) is 0 Å². The van der Waals surface area contributed by atoms with Gasteiger partial charge in [-0.15, -0.1) is 6.58 Å². The van der Waals surface area contributed by atoms with E-state index >= 15 is 0 Å². The highest BCUT2D eigenvalue weighted by Crippen LogP contribution is 2.47. The summed E-state index contributed by atoms with van der Waals surface area (Å²) < 4.78 is 11.7. The first-order chi connectivity index (χ1) is 17.6. The third-order valence-corrected chi connectivity index (χ3v) is 7.12. The molecule has 1 aliphatic heterocycles. The molecular weight excluding hydrogens is 468 g/mol. The molecule has 37 heavy (non-hydrogen) atoms. The molecule has 1 aliphatic rings. The summed E-state index contributed by atoms with van der Waals surface area (Å²) >= 11 is 0. The highest BCUT2D eigenvalue weighted by molar-refractivity contribution is 6.03. The number of esters is 1. The number of carbonyl (C=O) groups is 3. The van der Waals surface area contributed by atoms with Gasteiger partial charge in [0.05, 0.1) is 11.5 Å². The Morgan fingerprint density at radius 2 is 1.73 bits per heavy atom. The molecule has 198 valence electrons. The van der Waals surface area contributed by atoms with Crippen molar-refractivity contribution in [1.29, 1.82) is 0 Å². The second kappa shape index (κ2) is 11.7. The van der Waals surface area contributed by atoms with Crippen LogP contribution in [0.15, 0.2) is 67.3 Å². The van der Waals surface area contributed by atoms with Crippen LogP contribution in [-0.2, 0) is 25.7 Å². The van der Waals surface area contributed by atoms with E-state index in [1.807, 2.05) is 75.4 Å². The number of rotatable bonds is 11. The predicted molar refractivity (Wildman–Crippen MR) is 142 cm³/mol. The van der Waals surface area contributed by atoms with Crippen molar-refractivity contribution >= 4 is 17.9 Å². The summed E-state index contributed by atoms with van der Waals surface area (Å²) in [5.41, 5.74) is 0.590. The number of imide groups is 1. The molecule has 0 radical (unpaired) electrons. The fourth-order valence-electron chi connectivity index (χ4n) is 4.59. The lowest BCUT2D eigenvalue weighted by Crippen LogP contribution is -2.74. The Labute approximate surface area is 219 Å². The molecule has 0 spiro atoms. The summed E-state index contributed by atoms with van der Waals surface area (Å²) in [5, 5.41) is 2.96. The summed E-state index contributed by atoms with van der Waals surface area (Å²) in [6.07, 6.45) is 2.26. The van der Waals surface area contributed by atoms with Crippen molar-refractivity contribution in [3.05, 3.63) is 83.9 Å². The molecular formula is C30H38N2O5. The molecule has 1 saturated heterocycles. The Kier molecular flexibility index (Phi) is 8.92. The van der Waals surface area contributed by atoms with E-state index < -0.39 is 29.2 Å². The molecule has 0 bridgehead atoms. The van der Waals surface area contributed by atoms with E-state index in [-0.39, 0.29) is 18.6 Å². The van der Waals surface area contributed by atoms with Gasteiger partial charge in [-0.3, -0.25) is 4.79 Å². The van der Waals surface area contributed by atoms with Gasteiger partial charge in [-0.1, -0.05) is 80.1 Å². The van der Waals surface area contributed by atoms with Crippen LogP contribution in [0.5, 0.6) is 0 Å². The van der Waals surface area contributed by atoms with Crippen LogP contribution in [0.4, 0.5) is 4.79 Å². The van der Waals surface area contributed by atoms with Crippen LogP contribution < -0.4 is 5.32 Å². The lowest BCUT2D eigenvalue weighted by Gasteiger charge is -2.55. The molecule has 2 aromatic rings. The Morgan fingerprint density at radius 3 is 2.30 bits per heavy atom. The van der Waals surface area contributed by atoms with Crippen LogP contribution in [0.1, 0.15) is 69.7 Å². The number of ether oxygens (including phenoxy) is 2. The molecule has 2 atom stereocenters. The van der Waals surface area contributed by atoms with Crippen molar-refractivity contribution in [2.45, 2.75) is 78.4 Å². The Bertz CT molecular complexity index is 1110. The van der Waals surface area contributed by atoms with Crippen LogP contribution >= 0.6 is 0 Å². The highest BCUT2D eigenvalue weighted by Gasteiger charge is 2.63. The van der Waals surface area contributed by atoms with E-state index in [0.29, 0.717) is 19.3 Å². The maximum Gasteiger partial charge on any atom is 0.338 e. The SMILES string of the molecule is C=CC[C@@H](NC(=O)N1C(=O)C(CC)(CC)[C@@H]1OC(C)(C)C(=O)OCc1ccccc1)c1ccc(C)cc1. The van der Waals surface area contributed by atoms with Crippen LogP contribution in [0.2, 0.25) is 0 Å². The standard InChI is InChI=1S/C30H38N2O5/c1-7-13-24(23-18-16-21(4)17-19-23)31-28(35)32-25(33)30(8-2,9-3)26(32)37-29(5,6)27(34)36-20-22-14-11-10-12-15-22/h7,10-12,14-19,24,26H,1,8-9,13,20H2,2-6H3,(H,31,35)/t24-,26+/m1/s1. The largest absolute Gasteiger partial charge is 0.459 e. The van der Waals surface area contributed by atoms with E-state index in [9.17, 15) is 14.4 Å². The average molecular weight is 507 g/mol. The van der Waals surface area contributed by atoms with Gasteiger partial charge in [-0.2, -0.15) is 0 Å². The highest BCUT2D eigenvalue weighted by atomic mass is 16.6. The van der Waals surface area contributed by atoms with Crippen molar-refractivity contribution in [1.82, 2.24) is 10.2 Å². The third kappa shape index (κ3) is 5.93. The quantitative estimate of drug-likeness (QED) is 0.235.